The van der Waals surface area contributed by atoms with Crippen LogP contribution in [0.15, 0.2) is 77.2 Å². The fraction of sp³-hybridized carbons (Fsp3) is 0.111. The third-order valence-corrected chi connectivity index (χ3v) is 5.68. The summed E-state index contributed by atoms with van der Waals surface area (Å²) < 4.78 is 12.2. The van der Waals surface area contributed by atoms with Crippen LogP contribution in [0.5, 0.6) is 5.75 Å². The smallest absolute Gasteiger partial charge is 0.336 e. The Morgan fingerprint density at radius 3 is 2.50 bits per heavy atom. The fourth-order valence-corrected chi connectivity index (χ4v) is 4.04. The molecular formula is C27H21NO4. The highest BCUT2D eigenvalue weighted by molar-refractivity contribution is 6.07. The molecule has 5 nitrogen and oxygen atoms in total. The lowest BCUT2D eigenvalue weighted by Crippen LogP contribution is -2.04. The minimum atomic E-state index is -1.02. The molecule has 0 atom stereocenters. The summed E-state index contributed by atoms with van der Waals surface area (Å²) in [6, 6.07) is 22.8. The zero-order valence-electron chi connectivity index (χ0n) is 17.8. The summed E-state index contributed by atoms with van der Waals surface area (Å²) in [6.45, 7) is 4.19. The summed E-state index contributed by atoms with van der Waals surface area (Å²) in [5.74, 6) is 0.0782. The second-order valence-corrected chi connectivity index (χ2v) is 7.79. The topological polar surface area (TPSA) is 72.6 Å². The number of aromatic carboxylic acids is 1. The quantitative estimate of drug-likeness (QED) is 0.347. The summed E-state index contributed by atoms with van der Waals surface area (Å²) in [5, 5.41) is 11.5. The van der Waals surface area contributed by atoms with Crippen molar-refractivity contribution in [2.45, 2.75) is 20.5 Å². The molecule has 0 aliphatic rings. The average molecular weight is 423 g/mol. The molecule has 32 heavy (non-hydrogen) atoms. The number of benzene rings is 3. The molecule has 1 N–H and O–H groups in total. The average Bonchev–Trinajstić information content (AvgIpc) is 3.15. The van der Waals surface area contributed by atoms with Crippen LogP contribution < -0.4 is 4.74 Å². The third-order valence-electron chi connectivity index (χ3n) is 5.68. The molecule has 3 aromatic carbocycles. The van der Waals surface area contributed by atoms with E-state index in [9.17, 15) is 9.90 Å². The Balaban J connectivity index is 1.71. The molecule has 0 spiro atoms. The molecule has 0 aliphatic carbocycles. The summed E-state index contributed by atoms with van der Waals surface area (Å²) in [5.41, 5.74) is 4.66. The first kappa shape index (κ1) is 19.8. The fourth-order valence-electron chi connectivity index (χ4n) is 4.04. The van der Waals surface area contributed by atoms with Gasteiger partial charge in [-0.1, -0.05) is 54.6 Å². The maximum atomic E-state index is 12.2. The minimum absolute atomic E-state index is 0.174. The number of hydrogen-bond acceptors (Lipinski definition) is 4. The Morgan fingerprint density at radius 1 is 1.00 bits per heavy atom. The number of para-hydroxylation sites is 1. The largest absolute Gasteiger partial charge is 0.487 e. The minimum Gasteiger partial charge on any atom is -0.487 e. The van der Waals surface area contributed by atoms with Gasteiger partial charge in [-0.2, -0.15) is 0 Å². The lowest BCUT2D eigenvalue weighted by Gasteiger charge is -2.13. The molecule has 0 saturated carbocycles. The molecule has 0 fully saturated rings. The summed E-state index contributed by atoms with van der Waals surface area (Å²) >= 11 is 0. The normalized spacial score (nSPS) is 11.2. The SMILES string of the molecule is Cc1c(-c2cc(C(=O)O)c3c(C)ccc(OCc4ccccc4)c3n2)oc2ccccc12. The molecule has 5 aromatic rings. The van der Waals surface area contributed by atoms with Crippen LogP contribution in [0.25, 0.3) is 33.3 Å². The van der Waals surface area contributed by atoms with Gasteiger partial charge >= 0.3 is 5.97 Å². The number of aromatic nitrogens is 1. The van der Waals surface area contributed by atoms with E-state index in [0.29, 0.717) is 34.7 Å². The van der Waals surface area contributed by atoms with Crippen LogP contribution in [0.4, 0.5) is 0 Å². The van der Waals surface area contributed by atoms with E-state index in [2.05, 4.69) is 0 Å². The van der Waals surface area contributed by atoms with Gasteiger partial charge in [0.05, 0.1) is 5.56 Å². The maximum absolute atomic E-state index is 12.2. The number of nitrogens with zero attached hydrogens (tertiary/aromatic N) is 1. The lowest BCUT2D eigenvalue weighted by atomic mass is 10.0. The summed E-state index contributed by atoms with van der Waals surface area (Å²) in [7, 11) is 0. The molecule has 5 rings (SSSR count). The van der Waals surface area contributed by atoms with Gasteiger partial charge in [0.15, 0.2) is 5.76 Å². The maximum Gasteiger partial charge on any atom is 0.336 e. The van der Waals surface area contributed by atoms with Crippen molar-refractivity contribution in [3.8, 4) is 17.2 Å². The summed E-state index contributed by atoms with van der Waals surface area (Å²) in [4.78, 5) is 17.0. The zero-order valence-corrected chi connectivity index (χ0v) is 17.8. The van der Waals surface area contributed by atoms with Gasteiger partial charge in [0.1, 0.15) is 29.2 Å². The number of carboxylic acids is 1. The molecule has 5 heteroatoms. The van der Waals surface area contributed by atoms with Gasteiger partial charge in [-0.15, -0.1) is 0 Å². The number of carboxylic acid groups (broad SMARTS) is 1. The highest BCUT2D eigenvalue weighted by Gasteiger charge is 2.21. The first-order valence-corrected chi connectivity index (χ1v) is 10.4. The molecular weight excluding hydrogens is 402 g/mol. The molecule has 2 heterocycles. The number of fused-ring (bicyclic) bond motifs is 2. The second-order valence-electron chi connectivity index (χ2n) is 7.79. The molecule has 0 bridgehead atoms. The molecule has 2 aromatic heterocycles. The van der Waals surface area contributed by atoms with E-state index in [1.165, 1.54) is 0 Å². The van der Waals surface area contributed by atoms with Crippen LogP contribution >= 0.6 is 0 Å². The number of carbonyl (C=O) groups is 1. The predicted molar refractivity (Wildman–Crippen MR) is 124 cm³/mol. The van der Waals surface area contributed by atoms with Gasteiger partial charge < -0.3 is 14.3 Å². The van der Waals surface area contributed by atoms with Crippen molar-refractivity contribution >= 4 is 27.8 Å². The van der Waals surface area contributed by atoms with Gasteiger partial charge in [0, 0.05) is 16.3 Å². The monoisotopic (exact) mass is 423 g/mol. The van der Waals surface area contributed by atoms with Crippen LogP contribution in [0.1, 0.15) is 27.0 Å². The van der Waals surface area contributed by atoms with E-state index < -0.39 is 5.97 Å². The molecule has 0 aliphatic heterocycles. The third kappa shape index (κ3) is 3.38. The van der Waals surface area contributed by atoms with Crippen molar-refractivity contribution in [2.75, 3.05) is 0 Å². The number of rotatable bonds is 5. The van der Waals surface area contributed by atoms with E-state index in [-0.39, 0.29) is 5.56 Å². The number of pyridine rings is 1. The van der Waals surface area contributed by atoms with Gasteiger partial charge in [-0.3, -0.25) is 0 Å². The van der Waals surface area contributed by atoms with Crippen LogP contribution in [-0.4, -0.2) is 16.1 Å². The molecule has 0 saturated heterocycles. The first-order valence-electron chi connectivity index (χ1n) is 10.4. The van der Waals surface area contributed by atoms with Crippen LogP contribution in [0.3, 0.4) is 0 Å². The van der Waals surface area contributed by atoms with Gasteiger partial charge in [0.2, 0.25) is 0 Å². The van der Waals surface area contributed by atoms with Crippen molar-refractivity contribution in [1.82, 2.24) is 4.98 Å². The van der Waals surface area contributed by atoms with Crippen molar-refractivity contribution in [3.63, 3.8) is 0 Å². The van der Waals surface area contributed by atoms with E-state index >= 15 is 0 Å². The van der Waals surface area contributed by atoms with Gasteiger partial charge in [-0.25, -0.2) is 9.78 Å². The molecule has 0 unspecified atom stereocenters. The predicted octanol–water partition coefficient (Wildman–Crippen LogP) is 6.54. The first-order chi connectivity index (χ1) is 15.5. The molecule has 0 radical (unpaired) electrons. The van der Waals surface area contributed by atoms with Crippen LogP contribution in [0.2, 0.25) is 0 Å². The van der Waals surface area contributed by atoms with Crippen molar-refractivity contribution in [3.05, 3.63) is 95.1 Å². The Hall–Kier alpha value is -4.12. The van der Waals surface area contributed by atoms with Gasteiger partial charge in [0.25, 0.3) is 0 Å². The highest BCUT2D eigenvalue weighted by Crippen LogP contribution is 2.37. The van der Waals surface area contributed by atoms with Crippen molar-refractivity contribution in [2.24, 2.45) is 0 Å². The van der Waals surface area contributed by atoms with E-state index in [4.69, 9.17) is 14.1 Å². The Kier molecular flexibility index (Phi) is 4.86. The van der Waals surface area contributed by atoms with Gasteiger partial charge in [-0.05, 0) is 43.2 Å². The zero-order chi connectivity index (χ0) is 22.2. The highest BCUT2D eigenvalue weighted by atomic mass is 16.5. The number of hydrogen-bond donors (Lipinski definition) is 1. The van der Waals surface area contributed by atoms with E-state index in [1.807, 2.05) is 80.6 Å². The standard InChI is InChI=1S/C27H21NO4/c1-16-12-13-23(31-15-18-8-4-3-5-9-18)25-24(16)20(27(29)30)14-21(28-25)26-17(2)19-10-6-7-11-22(19)32-26/h3-14H,15H2,1-2H3,(H,29,30). The Bertz CT molecular complexity index is 1470. The summed E-state index contributed by atoms with van der Waals surface area (Å²) in [6.07, 6.45) is 0. The number of furan rings is 1. The van der Waals surface area contributed by atoms with E-state index in [0.717, 1.165) is 27.7 Å². The Labute approximate surface area is 184 Å². The molecule has 0 amide bonds. The van der Waals surface area contributed by atoms with Crippen LogP contribution in [0, 0.1) is 13.8 Å². The second kappa shape index (κ2) is 7.85. The number of ether oxygens (including phenoxy) is 1. The lowest BCUT2D eigenvalue weighted by molar-refractivity contribution is 0.0699. The number of aryl methyl sites for hydroxylation is 2. The van der Waals surface area contributed by atoms with E-state index in [1.54, 1.807) is 6.07 Å². The molecule has 158 valence electrons. The van der Waals surface area contributed by atoms with Crippen LogP contribution in [-0.2, 0) is 6.61 Å². The van der Waals surface area contributed by atoms with Crippen molar-refractivity contribution < 1.29 is 19.1 Å². The Morgan fingerprint density at radius 2 is 1.75 bits per heavy atom. The van der Waals surface area contributed by atoms with Crippen molar-refractivity contribution in [1.29, 1.82) is 0 Å².